The molecule has 0 fully saturated rings. The van der Waals surface area contributed by atoms with Gasteiger partial charge in [-0.25, -0.2) is 0 Å². The first-order valence-electron chi connectivity index (χ1n) is 3.64. The van der Waals surface area contributed by atoms with Gasteiger partial charge < -0.3 is 10.8 Å². The minimum atomic E-state index is -1.03. The lowest BCUT2D eigenvalue weighted by Crippen LogP contribution is -2.30. The second kappa shape index (κ2) is 4.64. The molecule has 0 spiro atoms. The zero-order chi connectivity index (χ0) is 8.85. The van der Waals surface area contributed by atoms with Crippen LogP contribution in [0.15, 0.2) is 0 Å². The fourth-order valence-corrected chi connectivity index (χ4v) is 0.709. The van der Waals surface area contributed by atoms with Gasteiger partial charge in [-0.3, -0.25) is 4.79 Å². The van der Waals surface area contributed by atoms with Crippen LogP contribution < -0.4 is 5.73 Å². The van der Waals surface area contributed by atoms with Gasteiger partial charge in [-0.05, 0) is 18.4 Å². The summed E-state index contributed by atoms with van der Waals surface area (Å²) in [5.41, 5.74) is 5.17. The zero-order valence-corrected chi connectivity index (χ0v) is 5.73. The van der Waals surface area contributed by atoms with Gasteiger partial charge in [-0.15, -0.1) is 0 Å². The van der Waals surface area contributed by atoms with Crippen LogP contribution in [0.2, 0.25) is 0 Å². The summed E-state index contributed by atoms with van der Waals surface area (Å²) in [5.74, 6) is -0.581. The fourth-order valence-electron chi connectivity index (χ4n) is 0.318. The van der Waals surface area contributed by atoms with E-state index in [0.717, 1.165) is 11.8 Å². The van der Waals surface area contributed by atoms with Crippen LogP contribution >= 0.6 is 11.8 Å². The van der Waals surface area contributed by atoms with Gasteiger partial charge in [0, 0.05) is 2.74 Å². The van der Waals surface area contributed by atoms with Crippen molar-refractivity contribution in [2.75, 3.05) is 12.0 Å². The average molecular weight is 152 g/mol. The Labute approximate surface area is 61.4 Å². The number of carboxylic acid groups (broad SMARTS) is 1. The number of hydrogen-bond donors (Lipinski definition) is 2. The highest BCUT2D eigenvalue weighted by molar-refractivity contribution is 7.98. The number of carbonyl (C=O) groups is 1. The van der Waals surface area contributed by atoms with Crippen LogP contribution in [0, 0.1) is 0 Å². The van der Waals surface area contributed by atoms with E-state index >= 15 is 0 Å². The summed E-state index contributed by atoms with van der Waals surface area (Å²) in [4.78, 5) is 10.1. The molecule has 0 bridgehead atoms. The van der Waals surface area contributed by atoms with E-state index in [4.69, 9.17) is 13.6 Å². The van der Waals surface area contributed by atoms with Gasteiger partial charge in [0.25, 0.3) is 0 Å². The van der Waals surface area contributed by atoms with Crippen molar-refractivity contribution in [1.82, 2.24) is 0 Å². The quantitative estimate of drug-likeness (QED) is 0.563. The summed E-state index contributed by atoms with van der Waals surface area (Å²) in [6, 6.07) is -0.860. The highest BCUT2D eigenvalue weighted by atomic mass is 32.2. The smallest absolute Gasteiger partial charge is 0.320 e. The van der Waals surface area contributed by atoms with Crippen molar-refractivity contribution in [2.45, 2.75) is 12.5 Å². The number of nitrogens with two attached hydrogens (primary N) is 1. The molecule has 0 rings (SSSR count). The molecule has 0 aliphatic carbocycles. The Morgan fingerprint density at radius 3 is 3.22 bits per heavy atom. The summed E-state index contributed by atoms with van der Waals surface area (Å²) in [7, 11) is 0. The van der Waals surface area contributed by atoms with Crippen LogP contribution in [0.5, 0.6) is 0 Å². The van der Waals surface area contributed by atoms with Crippen LogP contribution in [0.3, 0.4) is 0 Å². The Bertz CT molecular complexity index is 134. The molecule has 54 valence electrons. The predicted molar refractivity (Wildman–Crippen MR) is 38.6 cm³/mol. The standard InChI is InChI=1S/C5H11NO2S/c1-9-3-2-4(6)5(7)8/h4H,2-3,6H2,1H3,(H,7,8)/t4-/m0/s1/i1+1D2. The van der Waals surface area contributed by atoms with Crippen LogP contribution in [0.1, 0.15) is 9.16 Å². The maximum absolute atomic E-state index is 10.1. The van der Waals surface area contributed by atoms with Gasteiger partial charge in [-0.2, -0.15) is 11.8 Å². The van der Waals surface area contributed by atoms with E-state index < -0.39 is 18.2 Å². The molecule has 3 N–H and O–H groups in total. The van der Waals surface area contributed by atoms with Crippen molar-refractivity contribution in [2.24, 2.45) is 5.73 Å². The molecule has 0 saturated heterocycles. The van der Waals surface area contributed by atoms with E-state index in [1.54, 1.807) is 0 Å². The molecule has 4 heteroatoms. The minimum absolute atomic E-state index is 0.314. The van der Waals surface area contributed by atoms with Crippen molar-refractivity contribution in [3.05, 3.63) is 0 Å². The SMILES string of the molecule is [2H][13CH]([2H])SCC[C@H](N)C(=O)O. The molecular weight excluding hydrogens is 139 g/mol. The van der Waals surface area contributed by atoms with Gasteiger partial charge >= 0.3 is 5.97 Å². The van der Waals surface area contributed by atoms with E-state index in [0.29, 0.717) is 12.2 Å². The van der Waals surface area contributed by atoms with Gasteiger partial charge in [0.1, 0.15) is 6.04 Å². The highest BCUT2D eigenvalue weighted by Gasteiger charge is 2.08. The normalized spacial score (nSPS) is 16.7. The Morgan fingerprint density at radius 2 is 2.78 bits per heavy atom. The molecule has 0 aliphatic rings. The van der Waals surface area contributed by atoms with Crippen LogP contribution in [0.25, 0.3) is 0 Å². The molecule has 0 aromatic carbocycles. The molecule has 0 aliphatic heterocycles. The highest BCUT2D eigenvalue weighted by Crippen LogP contribution is 1.97. The molecule has 0 radical (unpaired) electrons. The Morgan fingerprint density at radius 1 is 2.11 bits per heavy atom. The minimum Gasteiger partial charge on any atom is -0.480 e. The Balaban J connectivity index is 3.31. The largest absolute Gasteiger partial charge is 0.480 e. The number of carboxylic acids is 1. The number of hydrogen-bond acceptors (Lipinski definition) is 3. The second-order valence-corrected chi connectivity index (χ2v) is 2.35. The molecule has 1 atom stereocenters. The van der Waals surface area contributed by atoms with Crippen molar-refractivity contribution in [3.63, 3.8) is 0 Å². The topological polar surface area (TPSA) is 63.3 Å². The van der Waals surface area contributed by atoms with Crippen LogP contribution in [-0.4, -0.2) is 29.1 Å². The summed E-state index contributed by atoms with van der Waals surface area (Å²) in [5, 5.41) is 8.32. The first-order valence-corrected chi connectivity index (χ1v) is 3.53. The number of rotatable bonds is 4. The third-order valence-electron chi connectivity index (χ3n) is 0.864. The molecule has 0 heterocycles. The lowest BCUT2D eigenvalue weighted by atomic mass is 10.2. The van der Waals surface area contributed by atoms with Crippen molar-refractivity contribution < 1.29 is 12.6 Å². The van der Waals surface area contributed by atoms with Crippen LogP contribution in [0.4, 0.5) is 0 Å². The summed E-state index contributed by atoms with van der Waals surface area (Å²) >= 11 is 1.07. The second-order valence-electron chi connectivity index (χ2n) is 1.60. The van der Waals surface area contributed by atoms with Crippen molar-refractivity contribution in [3.8, 4) is 0 Å². The molecule has 0 amide bonds. The lowest BCUT2D eigenvalue weighted by Gasteiger charge is -2.02. The van der Waals surface area contributed by atoms with E-state index in [-0.39, 0.29) is 0 Å². The Kier molecular flexibility index (Phi) is 2.86. The number of thioether (sulfide) groups is 1. The predicted octanol–water partition coefficient (Wildman–Crippen LogP) is 0.151. The summed E-state index contributed by atoms with van der Waals surface area (Å²) < 4.78 is 13.5. The number of aliphatic carboxylic acids is 1. The zero-order valence-electron chi connectivity index (χ0n) is 6.91. The van der Waals surface area contributed by atoms with Crippen molar-refractivity contribution in [1.29, 1.82) is 0 Å². The maximum Gasteiger partial charge on any atom is 0.320 e. The molecular formula is C5H11NO2S. The molecule has 0 unspecified atom stereocenters. The molecule has 0 saturated carbocycles. The first-order chi connectivity index (χ1) is 5.04. The third-order valence-corrected chi connectivity index (χ3v) is 1.34. The monoisotopic (exact) mass is 152 g/mol. The van der Waals surface area contributed by atoms with E-state index in [1.807, 2.05) is 0 Å². The van der Waals surface area contributed by atoms with Crippen LogP contribution in [-0.2, 0) is 4.79 Å². The van der Waals surface area contributed by atoms with E-state index in [9.17, 15) is 4.79 Å². The summed E-state index contributed by atoms with van der Waals surface area (Å²) in [6.07, 6.45) is -0.634. The average Bonchev–Trinajstić information content (AvgIpc) is 1.86. The molecule has 0 aromatic heterocycles. The third kappa shape index (κ3) is 4.29. The maximum atomic E-state index is 10.1. The molecule has 3 nitrogen and oxygen atoms in total. The van der Waals surface area contributed by atoms with Crippen molar-refractivity contribution >= 4 is 17.7 Å². The first kappa shape index (κ1) is 5.56. The molecule has 9 heavy (non-hydrogen) atoms. The van der Waals surface area contributed by atoms with Gasteiger partial charge in [0.15, 0.2) is 0 Å². The van der Waals surface area contributed by atoms with Gasteiger partial charge in [0.2, 0.25) is 0 Å². The summed E-state index contributed by atoms with van der Waals surface area (Å²) in [6.45, 7) is 0. The molecule has 0 aromatic rings. The fraction of sp³-hybridized carbons (Fsp3) is 0.800. The Hall–Kier alpha value is -0.220. The van der Waals surface area contributed by atoms with E-state index in [2.05, 4.69) is 0 Å². The lowest BCUT2D eigenvalue weighted by molar-refractivity contribution is -0.138. The van der Waals surface area contributed by atoms with E-state index in [1.165, 1.54) is 0 Å². The van der Waals surface area contributed by atoms with Gasteiger partial charge in [0.05, 0.1) is 0 Å². The van der Waals surface area contributed by atoms with Gasteiger partial charge in [-0.1, -0.05) is 0 Å².